The molecule has 0 atom stereocenters. The third-order valence-electron chi connectivity index (χ3n) is 3.43. The van der Waals surface area contributed by atoms with Crippen molar-refractivity contribution in [3.05, 3.63) is 58.2 Å². The first-order valence-electron chi connectivity index (χ1n) is 7.46. The molecule has 10 heteroatoms. The van der Waals surface area contributed by atoms with Gasteiger partial charge in [0, 0.05) is 11.2 Å². The summed E-state index contributed by atoms with van der Waals surface area (Å²) >= 11 is 11.9. The molecule has 3 aromatic rings. The van der Waals surface area contributed by atoms with E-state index in [1.165, 1.54) is 24.4 Å². The summed E-state index contributed by atoms with van der Waals surface area (Å²) in [6.07, 6.45) is -3.29. The fourth-order valence-corrected chi connectivity index (χ4v) is 2.72. The first kappa shape index (κ1) is 19.2. The SMILES string of the molecule is COc1nc(-c2ccccn2)nc(Nc2ccc(Cl)cc2Cl)c1C(F)(F)F. The molecule has 2 heterocycles. The van der Waals surface area contributed by atoms with E-state index in [9.17, 15) is 13.2 Å². The van der Waals surface area contributed by atoms with Crippen LogP contribution in [0.3, 0.4) is 0 Å². The third kappa shape index (κ3) is 4.23. The number of hydrogen-bond acceptors (Lipinski definition) is 5. The molecule has 0 saturated heterocycles. The molecule has 0 bridgehead atoms. The predicted octanol–water partition coefficient (Wildman–Crippen LogP) is 5.62. The largest absolute Gasteiger partial charge is 0.480 e. The van der Waals surface area contributed by atoms with Crippen molar-refractivity contribution >= 4 is 34.7 Å². The van der Waals surface area contributed by atoms with Crippen molar-refractivity contribution in [3.8, 4) is 17.4 Å². The highest BCUT2D eigenvalue weighted by atomic mass is 35.5. The summed E-state index contributed by atoms with van der Waals surface area (Å²) in [7, 11) is 1.10. The molecule has 0 aliphatic carbocycles. The lowest BCUT2D eigenvalue weighted by Gasteiger charge is -2.18. The van der Waals surface area contributed by atoms with Gasteiger partial charge in [0.05, 0.1) is 17.8 Å². The number of anilines is 2. The van der Waals surface area contributed by atoms with Crippen LogP contribution in [0.1, 0.15) is 5.56 Å². The van der Waals surface area contributed by atoms with Crippen LogP contribution >= 0.6 is 23.2 Å². The summed E-state index contributed by atoms with van der Waals surface area (Å²) in [5.41, 5.74) is -0.676. The third-order valence-corrected chi connectivity index (χ3v) is 3.98. The van der Waals surface area contributed by atoms with Crippen molar-refractivity contribution in [1.82, 2.24) is 15.0 Å². The molecule has 27 heavy (non-hydrogen) atoms. The summed E-state index contributed by atoms with van der Waals surface area (Å²) < 4.78 is 45.8. The van der Waals surface area contributed by atoms with E-state index in [2.05, 4.69) is 20.3 Å². The fourth-order valence-electron chi connectivity index (χ4n) is 2.26. The highest BCUT2D eigenvalue weighted by Crippen LogP contribution is 2.42. The summed E-state index contributed by atoms with van der Waals surface area (Å²) in [6, 6.07) is 9.23. The van der Waals surface area contributed by atoms with Crippen LogP contribution < -0.4 is 10.1 Å². The zero-order chi connectivity index (χ0) is 19.6. The van der Waals surface area contributed by atoms with Crippen LogP contribution in [0.4, 0.5) is 24.7 Å². The lowest BCUT2D eigenvalue weighted by molar-refractivity contribution is -0.138. The van der Waals surface area contributed by atoms with Crippen molar-refractivity contribution in [2.45, 2.75) is 6.18 Å². The number of nitrogens with zero attached hydrogens (tertiary/aromatic N) is 3. The zero-order valence-electron chi connectivity index (χ0n) is 13.7. The number of methoxy groups -OCH3 is 1. The van der Waals surface area contributed by atoms with Gasteiger partial charge in [-0.2, -0.15) is 18.2 Å². The van der Waals surface area contributed by atoms with Crippen molar-refractivity contribution < 1.29 is 17.9 Å². The van der Waals surface area contributed by atoms with Crippen LogP contribution in [0.5, 0.6) is 5.88 Å². The maximum Gasteiger partial charge on any atom is 0.425 e. The van der Waals surface area contributed by atoms with Crippen LogP contribution in [0, 0.1) is 0 Å². The Morgan fingerprint density at radius 2 is 1.85 bits per heavy atom. The van der Waals surface area contributed by atoms with Crippen molar-refractivity contribution in [2.24, 2.45) is 0 Å². The van der Waals surface area contributed by atoms with Gasteiger partial charge in [-0.25, -0.2) is 4.98 Å². The standard InChI is InChI=1S/C17H11Cl2F3N4O/c1-27-16-13(17(20,21)22)15(24-11-6-5-9(18)8-10(11)19)25-14(26-16)12-4-2-3-7-23-12/h2-8H,1H3,(H,24,25,26). The zero-order valence-corrected chi connectivity index (χ0v) is 15.2. The molecule has 0 amide bonds. The van der Waals surface area contributed by atoms with E-state index in [1.54, 1.807) is 18.2 Å². The average Bonchev–Trinajstić information content (AvgIpc) is 2.63. The number of alkyl halides is 3. The van der Waals surface area contributed by atoms with Gasteiger partial charge < -0.3 is 10.1 Å². The van der Waals surface area contributed by atoms with Crippen LogP contribution in [-0.4, -0.2) is 22.1 Å². The number of pyridine rings is 1. The molecule has 0 aliphatic heterocycles. The van der Waals surface area contributed by atoms with E-state index < -0.39 is 23.4 Å². The topological polar surface area (TPSA) is 59.9 Å². The summed E-state index contributed by atoms with van der Waals surface area (Å²) in [6.45, 7) is 0. The van der Waals surface area contributed by atoms with E-state index in [4.69, 9.17) is 27.9 Å². The van der Waals surface area contributed by atoms with Gasteiger partial charge in [0.1, 0.15) is 5.69 Å². The normalized spacial score (nSPS) is 11.3. The molecule has 0 unspecified atom stereocenters. The van der Waals surface area contributed by atoms with Crippen LogP contribution in [0.25, 0.3) is 11.5 Å². The Hall–Kier alpha value is -2.58. The van der Waals surface area contributed by atoms with E-state index in [0.717, 1.165) is 7.11 Å². The quantitative estimate of drug-likeness (QED) is 0.600. The second kappa shape index (κ2) is 7.58. The Kier molecular flexibility index (Phi) is 5.38. The van der Waals surface area contributed by atoms with Crippen molar-refractivity contribution in [2.75, 3.05) is 12.4 Å². The average molecular weight is 415 g/mol. The maximum atomic E-state index is 13.6. The van der Waals surface area contributed by atoms with Gasteiger partial charge in [-0.3, -0.25) is 4.98 Å². The number of aromatic nitrogens is 3. The lowest BCUT2D eigenvalue weighted by Crippen LogP contribution is -2.15. The molecular weight excluding hydrogens is 404 g/mol. The van der Waals surface area contributed by atoms with Gasteiger partial charge in [0.2, 0.25) is 5.88 Å². The van der Waals surface area contributed by atoms with Gasteiger partial charge >= 0.3 is 6.18 Å². The molecule has 0 spiro atoms. The van der Waals surface area contributed by atoms with Crippen LogP contribution in [-0.2, 0) is 6.18 Å². The molecule has 1 aromatic carbocycles. The Bertz CT molecular complexity index is 968. The minimum absolute atomic E-state index is 0.0342. The Balaban J connectivity index is 2.19. The summed E-state index contributed by atoms with van der Waals surface area (Å²) in [4.78, 5) is 11.9. The van der Waals surface area contributed by atoms with E-state index >= 15 is 0 Å². The second-order valence-corrected chi connectivity index (χ2v) is 6.09. The van der Waals surface area contributed by atoms with Crippen LogP contribution in [0.15, 0.2) is 42.6 Å². The number of hydrogen-bond donors (Lipinski definition) is 1. The van der Waals surface area contributed by atoms with E-state index in [0.29, 0.717) is 5.02 Å². The number of halogens is 5. The Morgan fingerprint density at radius 1 is 1.07 bits per heavy atom. The summed E-state index contributed by atoms with van der Waals surface area (Å²) in [5, 5.41) is 3.07. The van der Waals surface area contributed by atoms with Crippen LogP contribution in [0.2, 0.25) is 10.0 Å². The Labute approximate surface area is 162 Å². The number of benzene rings is 1. The first-order chi connectivity index (χ1) is 12.8. The van der Waals surface area contributed by atoms with Gasteiger partial charge in [-0.05, 0) is 30.3 Å². The summed E-state index contributed by atoms with van der Waals surface area (Å²) in [5.74, 6) is -1.18. The van der Waals surface area contributed by atoms with Crippen molar-refractivity contribution in [3.63, 3.8) is 0 Å². The maximum absolute atomic E-state index is 13.6. The lowest BCUT2D eigenvalue weighted by atomic mass is 10.2. The molecule has 140 valence electrons. The predicted molar refractivity (Wildman–Crippen MR) is 96.6 cm³/mol. The molecule has 2 aromatic heterocycles. The molecule has 0 aliphatic rings. The minimum Gasteiger partial charge on any atom is -0.480 e. The minimum atomic E-state index is -4.77. The van der Waals surface area contributed by atoms with Gasteiger partial charge in [0.15, 0.2) is 17.2 Å². The molecule has 3 rings (SSSR count). The highest BCUT2D eigenvalue weighted by molar-refractivity contribution is 6.36. The fraction of sp³-hybridized carbons (Fsp3) is 0.118. The van der Waals surface area contributed by atoms with E-state index in [-0.39, 0.29) is 22.2 Å². The van der Waals surface area contributed by atoms with Crippen molar-refractivity contribution in [1.29, 1.82) is 0 Å². The first-order valence-corrected chi connectivity index (χ1v) is 8.22. The molecule has 1 N–H and O–H groups in total. The molecule has 0 saturated carbocycles. The Morgan fingerprint density at radius 3 is 2.44 bits per heavy atom. The molecular formula is C17H11Cl2F3N4O. The van der Waals surface area contributed by atoms with E-state index in [1.807, 2.05) is 0 Å². The highest BCUT2D eigenvalue weighted by Gasteiger charge is 2.40. The van der Waals surface area contributed by atoms with Gasteiger partial charge in [-0.1, -0.05) is 29.3 Å². The number of ether oxygens (including phenoxy) is 1. The second-order valence-electron chi connectivity index (χ2n) is 5.24. The molecule has 5 nitrogen and oxygen atoms in total. The van der Waals surface area contributed by atoms with Gasteiger partial charge in [0.25, 0.3) is 0 Å². The monoisotopic (exact) mass is 414 g/mol. The molecule has 0 fully saturated rings. The smallest absolute Gasteiger partial charge is 0.425 e. The van der Waals surface area contributed by atoms with Gasteiger partial charge in [-0.15, -0.1) is 0 Å². The molecule has 0 radical (unpaired) electrons. The number of nitrogens with one attached hydrogen (secondary N) is 1. The number of rotatable bonds is 4.